The topological polar surface area (TPSA) is 53.6 Å². The summed E-state index contributed by atoms with van der Waals surface area (Å²) in [5.41, 5.74) is 3.25. The van der Waals surface area contributed by atoms with Crippen LogP contribution in [0.3, 0.4) is 0 Å². The first-order valence-electron chi connectivity index (χ1n) is 7.01. The highest BCUT2D eigenvalue weighted by molar-refractivity contribution is 5.83. The van der Waals surface area contributed by atoms with Gasteiger partial charge >= 0.3 is 0 Å². The lowest BCUT2D eigenvalue weighted by molar-refractivity contribution is 0.677. The highest BCUT2D eigenvalue weighted by Crippen LogP contribution is 2.22. The first kappa shape index (κ1) is 11.6. The van der Waals surface area contributed by atoms with E-state index < -0.39 is 0 Å². The molecule has 3 aromatic rings. The number of imidazole rings is 1. The molecule has 2 N–H and O–H groups in total. The van der Waals surface area contributed by atoms with Crippen LogP contribution in [0.4, 0.5) is 0 Å². The minimum atomic E-state index is 0.716. The van der Waals surface area contributed by atoms with Crippen LogP contribution in [0.2, 0.25) is 0 Å². The van der Waals surface area contributed by atoms with E-state index in [1.807, 2.05) is 24.5 Å². The first-order valence-corrected chi connectivity index (χ1v) is 7.01. The van der Waals surface area contributed by atoms with Gasteiger partial charge in [0.1, 0.15) is 5.82 Å². The van der Waals surface area contributed by atoms with Crippen LogP contribution in [0.25, 0.3) is 22.3 Å². The molecule has 2 heterocycles. The van der Waals surface area contributed by atoms with Crippen LogP contribution in [-0.4, -0.2) is 21.0 Å². The summed E-state index contributed by atoms with van der Waals surface area (Å²) in [5, 5.41) is 4.62. The fourth-order valence-electron chi connectivity index (χ4n) is 2.36. The zero-order valence-corrected chi connectivity index (χ0v) is 11.1. The van der Waals surface area contributed by atoms with Gasteiger partial charge in [0, 0.05) is 41.6 Å². The monoisotopic (exact) mass is 264 g/mol. The number of hydrogen-bond donors (Lipinski definition) is 2. The van der Waals surface area contributed by atoms with Crippen molar-refractivity contribution in [1.82, 2.24) is 20.3 Å². The molecule has 0 bridgehead atoms. The summed E-state index contributed by atoms with van der Waals surface area (Å²) in [5.74, 6) is 0.920. The predicted molar refractivity (Wildman–Crippen MR) is 79.2 cm³/mol. The number of aromatic amines is 1. The summed E-state index contributed by atoms with van der Waals surface area (Å²) >= 11 is 0. The molecule has 0 aliphatic heterocycles. The molecule has 4 rings (SSSR count). The van der Waals surface area contributed by atoms with E-state index in [4.69, 9.17) is 0 Å². The molecule has 1 aliphatic carbocycles. The molecule has 1 saturated carbocycles. The highest BCUT2D eigenvalue weighted by atomic mass is 15.0. The number of nitrogens with one attached hydrogen (secondary N) is 2. The second-order valence-corrected chi connectivity index (χ2v) is 5.32. The summed E-state index contributed by atoms with van der Waals surface area (Å²) in [7, 11) is 0. The van der Waals surface area contributed by atoms with Gasteiger partial charge in [0.15, 0.2) is 0 Å². The van der Waals surface area contributed by atoms with Crippen LogP contribution in [0.1, 0.15) is 18.5 Å². The third kappa shape index (κ3) is 2.30. The average molecular weight is 264 g/mol. The number of benzene rings is 1. The van der Waals surface area contributed by atoms with E-state index in [9.17, 15) is 0 Å². The van der Waals surface area contributed by atoms with Crippen molar-refractivity contribution in [1.29, 1.82) is 0 Å². The van der Waals surface area contributed by atoms with Crippen molar-refractivity contribution in [2.45, 2.75) is 25.4 Å². The molecule has 0 radical (unpaired) electrons. The van der Waals surface area contributed by atoms with Gasteiger partial charge in [-0.15, -0.1) is 0 Å². The molecule has 4 heteroatoms. The van der Waals surface area contributed by atoms with Crippen molar-refractivity contribution in [3.05, 3.63) is 48.4 Å². The highest BCUT2D eigenvalue weighted by Gasteiger charge is 2.20. The number of hydrogen-bond acceptors (Lipinski definition) is 3. The van der Waals surface area contributed by atoms with Crippen molar-refractivity contribution in [3.63, 3.8) is 0 Å². The number of aromatic nitrogens is 3. The van der Waals surface area contributed by atoms with Gasteiger partial charge in [-0.1, -0.05) is 6.07 Å². The van der Waals surface area contributed by atoms with Crippen molar-refractivity contribution >= 4 is 10.9 Å². The van der Waals surface area contributed by atoms with E-state index in [0.29, 0.717) is 6.04 Å². The minimum Gasteiger partial charge on any atom is -0.341 e. The molecule has 0 unspecified atom stereocenters. The molecular formula is C16H16N4. The standard InChI is InChI=1S/C16H16N4/c1-2-11-8-12(3-6-15(11)17-7-1)16-19-10-14(20-16)9-18-13-4-5-13/h1-3,6-8,10,13,18H,4-5,9H2,(H,19,20). The van der Waals surface area contributed by atoms with E-state index in [1.54, 1.807) is 0 Å². The fraction of sp³-hybridized carbons (Fsp3) is 0.250. The Morgan fingerprint density at radius 1 is 1.20 bits per heavy atom. The number of H-pyrrole nitrogens is 1. The Balaban J connectivity index is 1.60. The van der Waals surface area contributed by atoms with Gasteiger partial charge in [0.2, 0.25) is 0 Å². The lowest BCUT2D eigenvalue weighted by Crippen LogP contribution is -2.15. The largest absolute Gasteiger partial charge is 0.341 e. The van der Waals surface area contributed by atoms with E-state index in [2.05, 4.69) is 38.5 Å². The summed E-state index contributed by atoms with van der Waals surface area (Å²) in [4.78, 5) is 12.2. The maximum Gasteiger partial charge on any atom is 0.137 e. The number of nitrogens with zero attached hydrogens (tertiary/aromatic N) is 2. The minimum absolute atomic E-state index is 0.716. The number of pyridine rings is 1. The van der Waals surface area contributed by atoms with E-state index in [1.165, 1.54) is 12.8 Å². The molecule has 1 aliphatic rings. The Morgan fingerprint density at radius 3 is 3.05 bits per heavy atom. The van der Waals surface area contributed by atoms with Crippen molar-refractivity contribution in [2.75, 3.05) is 0 Å². The van der Waals surface area contributed by atoms with Crippen molar-refractivity contribution in [2.24, 2.45) is 0 Å². The quantitative estimate of drug-likeness (QED) is 0.762. The second-order valence-electron chi connectivity index (χ2n) is 5.32. The Labute approximate surface area is 117 Å². The van der Waals surface area contributed by atoms with Crippen LogP contribution < -0.4 is 5.32 Å². The Kier molecular flexibility index (Phi) is 2.74. The van der Waals surface area contributed by atoms with E-state index in [-0.39, 0.29) is 0 Å². The van der Waals surface area contributed by atoms with Gasteiger partial charge in [0.05, 0.1) is 5.52 Å². The number of rotatable bonds is 4. The van der Waals surface area contributed by atoms with Gasteiger partial charge < -0.3 is 10.3 Å². The van der Waals surface area contributed by atoms with Crippen LogP contribution in [0, 0.1) is 0 Å². The Morgan fingerprint density at radius 2 is 2.15 bits per heavy atom. The molecule has 0 amide bonds. The lowest BCUT2D eigenvalue weighted by atomic mass is 10.1. The SMILES string of the molecule is c1cnc2ccc(-c3ncc(CNC4CC4)[nH]3)cc2c1. The van der Waals surface area contributed by atoms with Gasteiger partial charge in [-0.3, -0.25) is 4.98 Å². The average Bonchev–Trinajstić information content (AvgIpc) is 3.21. The maximum atomic E-state index is 4.48. The van der Waals surface area contributed by atoms with Crippen LogP contribution in [0.5, 0.6) is 0 Å². The summed E-state index contributed by atoms with van der Waals surface area (Å²) in [6.07, 6.45) is 6.34. The fourth-order valence-corrected chi connectivity index (χ4v) is 2.36. The smallest absolute Gasteiger partial charge is 0.137 e. The molecule has 1 aromatic carbocycles. The van der Waals surface area contributed by atoms with Crippen molar-refractivity contribution in [3.8, 4) is 11.4 Å². The van der Waals surface area contributed by atoms with Crippen LogP contribution in [-0.2, 0) is 6.54 Å². The predicted octanol–water partition coefficient (Wildman–Crippen LogP) is 2.88. The van der Waals surface area contributed by atoms with E-state index in [0.717, 1.165) is 34.5 Å². The summed E-state index contributed by atoms with van der Waals surface area (Å²) < 4.78 is 0. The molecule has 4 nitrogen and oxygen atoms in total. The maximum absolute atomic E-state index is 4.48. The van der Waals surface area contributed by atoms with Gasteiger partial charge in [0.25, 0.3) is 0 Å². The Hall–Kier alpha value is -2.20. The Bertz CT molecular complexity index is 743. The molecule has 0 saturated heterocycles. The molecule has 1 fully saturated rings. The molecule has 20 heavy (non-hydrogen) atoms. The summed E-state index contributed by atoms with van der Waals surface area (Å²) in [6.45, 7) is 0.868. The third-order valence-electron chi connectivity index (χ3n) is 3.66. The first-order chi connectivity index (χ1) is 9.88. The van der Waals surface area contributed by atoms with Gasteiger partial charge in [-0.25, -0.2) is 4.98 Å². The zero-order valence-electron chi connectivity index (χ0n) is 11.1. The molecule has 100 valence electrons. The number of fused-ring (bicyclic) bond motifs is 1. The van der Waals surface area contributed by atoms with Crippen LogP contribution in [0.15, 0.2) is 42.7 Å². The van der Waals surface area contributed by atoms with Gasteiger partial charge in [-0.05, 0) is 37.1 Å². The van der Waals surface area contributed by atoms with Crippen molar-refractivity contribution < 1.29 is 0 Å². The molecule has 0 atom stereocenters. The third-order valence-corrected chi connectivity index (χ3v) is 3.66. The molecular weight excluding hydrogens is 248 g/mol. The summed E-state index contributed by atoms with van der Waals surface area (Å²) in [6, 6.07) is 11.0. The zero-order chi connectivity index (χ0) is 13.4. The molecule has 0 spiro atoms. The molecule has 2 aromatic heterocycles. The van der Waals surface area contributed by atoms with E-state index >= 15 is 0 Å². The van der Waals surface area contributed by atoms with Crippen LogP contribution >= 0.6 is 0 Å². The lowest BCUT2D eigenvalue weighted by Gasteiger charge is -2.01. The van der Waals surface area contributed by atoms with Gasteiger partial charge in [-0.2, -0.15) is 0 Å². The second kappa shape index (κ2) is 4.72. The normalized spacial score (nSPS) is 14.8.